The van der Waals surface area contributed by atoms with Crippen LogP contribution >= 0.6 is 11.6 Å². The van der Waals surface area contributed by atoms with E-state index in [1.807, 2.05) is 230 Å². The smallest absolute Gasteiger partial charge is 0.227 e. The molecule has 0 aliphatic carbocycles. The Morgan fingerprint density at radius 2 is 0.500 bits per heavy atom. The van der Waals surface area contributed by atoms with E-state index < -0.39 is 0 Å². The molecule has 25 nitrogen and oxygen atoms in total. The first-order valence-electron chi connectivity index (χ1n) is 39.0. The van der Waals surface area contributed by atoms with Crippen molar-refractivity contribution < 1.29 is 51.8 Å². The number of rotatable bonds is 25. The summed E-state index contributed by atoms with van der Waals surface area (Å²) in [6.45, 7) is 13.9. The summed E-state index contributed by atoms with van der Waals surface area (Å²) in [4.78, 5) is 44.3. The summed E-state index contributed by atoms with van der Waals surface area (Å²) in [5.41, 5.74) is 19.8. The van der Waals surface area contributed by atoms with E-state index in [1.165, 1.54) is 17.7 Å². The van der Waals surface area contributed by atoms with Gasteiger partial charge < -0.3 is 74.0 Å². The number of benzene rings is 10. The van der Waals surface area contributed by atoms with Crippen molar-refractivity contribution in [3.63, 3.8) is 0 Å². The number of halogens is 2. The fourth-order valence-corrected chi connectivity index (χ4v) is 12.9. The molecule has 0 bridgehead atoms. The molecule has 0 saturated heterocycles. The van der Waals surface area contributed by atoms with Gasteiger partial charge in [-0.05, 0) is 218 Å². The number of hydrogen-bond acceptors (Lipinski definition) is 25. The van der Waals surface area contributed by atoms with Crippen molar-refractivity contribution in [1.82, 2.24) is 49.8 Å². The van der Waals surface area contributed by atoms with Gasteiger partial charge in [0.2, 0.25) is 29.7 Å². The zero-order chi connectivity index (χ0) is 88.2. The molecule has 10 aromatic carbocycles. The number of para-hydroxylation sites is 2. The van der Waals surface area contributed by atoms with Crippen LogP contribution in [0.2, 0.25) is 5.02 Å². The Morgan fingerprint density at radius 3 is 0.782 bits per heavy atom. The standard InChI is InChI=1S/2C20H21N3O2.C19H18ClN3O2.C19H18FN3O2.C19H19N3O2/c1-13-5-7-16(8-6-13)22-20-21-10-9-17(23-20)15-11-18(24-3)14(2)19(12-15)25-4;1-13-7-5-6-8-16(13)22-20-21-10-9-17(23-20)15-11-18(24-3)14(2)19(12-15)25-4;1-12-17(24-2)9-13(10-18(12)25-3)16-7-8-21-19(23-16)22-15-6-4-5-14(20)11-15;1-12-17(24-2)10-13(11-18(12)25-3)16-8-9-21-19(23-16)22-15-6-4-14(20)5-7-15;1-13-17(23-2)11-14(12-18(13)24-3)16-9-10-20-19(22-16)21-15-7-5-4-6-8-15/h2*5-12H,1-4H3,(H,21,22,23);2*4-11H,1-3H3,(H,21,22,23);4-12H,1-3H3,(H,20,21,22). The SMILES string of the molecule is COc1cc(-c2ccnc(Nc3ccc(C)cc3)n2)cc(OC)c1C.COc1cc(-c2ccnc(Nc3ccc(F)cc3)n2)cc(OC)c1C.COc1cc(-c2ccnc(Nc3cccc(Cl)c3)n2)cc(OC)c1C.COc1cc(-c2ccnc(Nc3ccccc3)n2)cc(OC)c1C.COc1cc(-c2ccnc(Nc3ccccc3C)n2)cc(OC)c1C. The average molecular weight is 1690 g/mol. The van der Waals surface area contributed by atoms with Crippen molar-refractivity contribution in [3.8, 4) is 114 Å². The van der Waals surface area contributed by atoms with Gasteiger partial charge in [0.15, 0.2) is 0 Å². The van der Waals surface area contributed by atoms with Crippen molar-refractivity contribution in [1.29, 1.82) is 0 Å². The number of hydrogen-bond donors (Lipinski definition) is 5. The molecule has 27 heteroatoms. The Bertz CT molecular complexity index is 5830. The lowest BCUT2D eigenvalue weighted by atomic mass is 10.1. The number of nitrogens with one attached hydrogen (secondary N) is 5. The highest BCUT2D eigenvalue weighted by Gasteiger charge is 2.19. The molecule has 0 unspecified atom stereocenters. The fraction of sp³-hybridized carbons (Fsp3) is 0.175. The number of methoxy groups -OCH3 is 10. The molecule has 5 heterocycles. The van der Waals surface area contributed by atoms with Crippen LogP contribution in [0.1, 0.15) is 38.9 Å². The second-order valence-corrected chi connectivity index (χ2v) is 28.0. The third kappa shape index (κ3) is 23.9. The first-order valence-corrected chi connectivity index (χ1v) is 39.4. The predicted octanol–water partition coefficient (Wildman–Crippen LogP) is 22.5. The molecular formula is C97H97ClFN15O10. The highest BCUT2D eigenvalue weighted by Crippen LogP contribution is 2.40. The van der Waals surface area contributed by atoms with E-state index in [0.717, 1.165) is 170 Å². The Labute approximate surface area is 726 Å². The van der Waals surface area contributed by atoms with Gasteiger partial charge in [-0.15, -0.1) is 0 Å². The average Bonchev–Trinajstić information content (AvgIpc) is 0.828. The molecule has 0 amide bonds. The minimum Gasteiger partial charge on any atom is -0.496 e. The molecule has 0 fully saturated rings. The molecule has 0 aliphatic heterocycles. The molecule has 0 radical (unpaired) electrons. The van der Waals surface area contributed by atoms with Gasteiger partial charge >= 0.3 is 0 Å². The topological polar surface area (TPSA) is 281 Å². The van der Waals surface area contributed by atoms with Gasteiger partial charge in [0, 0.05) is 120 Å². The summed E-state index contributed by atoms with van der Waals surface area (Å²) >= 11 is 6.01. The predicted molar refractivity (Wildman–Crippen MR) is 490 cm³/mol. The van der Waals surface area contributed by atoms with Crippen molar-refractivity contribution in [2.45, 2.75) is 48.5 Å². The van der Waals surface area contributed by atoms with Crippen molar-refractivity contribution in [3.05, 3.63) is 299 Å². The second-order valence-electron chi connectivity index (χ2n) is 27.5. The highest BCUT2D eigenvalue weighted by molar-refractivity contribution is 6.30. The van der Waals surface area contributed by atoms with Crippen LogP contribution in [0.3, 0.4) is 0 Å². The van der Waals surface area contributed by atoms with Crippen LogP contribution in [0.5, 0.6) is 57.5 Å². The first-order chi connectivity index (χ1) is 60.1. The van der Waals surface area contributed by atoms with E-state index in [1.54, 1.807) is 120 Å². The summed E-state index contributed by atoms with van der Waals surface area (Å²) in [6.07, 6.45) is 8.56. The summed E-state index contributed by atoms with van der Waals surface area (Å²) in [5.74, 6) is 9.77. The lowest BCUT2D eigenvalue weighted by Crippen LogP contribution is -2.00. The molecule has 15 rings (SSSR count). The fourth-order valence-electron chi connectivity index (χ4n) is 12.7. The van der Waals surface area contributed by atoms with Crippen LogP contribution in [-0.2, 0) is 0 Å². The normalized spacial score (nSPS) is 10.4. The van der Waals surface area contributed by atoms with Crippen LogP contribution in [0, 0.1) is 54.3 Å². The number of anilines is 10. The lowest BCUT2D eigenvalue weighted by Gasteiger charge is -2.13. The number of ether oxygens (including phenoxy) is 10. The van der Waals surface area contributed by atoms with E-state index in [4.69, 9.17) is 59.0 Å². The largest absolute Gasteiger partial charge is 0.496 e. The van der Waals surface area contributed by atoms with Crippen molar-refractivity contribution >= 4 is 69.8 Å². The number of aromatic nitrogens is 10. The third-order valence-corrected chi connectivity index (χ3v) is 19.7. The van der Waals surface area contributed by atoms with Gasteiger partial charge in [0.25, 0.3) is 0 Å². The zero-order valence-corrected chi connectivity index (χ0v) is 72.7. The van der Waals surface area contributed by atoms with Gasteiger partial charge in [-0.2, -0.15) is 0 Å². The number of aryl methyl sites for hydroxylation is 2. The monoisotopic (exact) mass is 1690 g/mol. The quantitative estimate of drug-likeness (QED) is 0.0355. The van der Waals surface area contributed by atoms with Crippen molar-refractivity contribution in [2.75, 3.05) is 97.7 Å². The lowest BCUT2D eigenvalue weighted by molar-refractivity contribution is 0.389. The maximum atomic E-state index is 13.0. The van der Waals surface area contributed by atoms with Gasteiger partial charge in [-0.1, -0.05) is 71.8 Å². The Morgan fingerprint density at radius 1 is 0.250 bits per heavy atom. The molecular weight excluding hydrogens is 1590 g/mol. The van der Waals surface area contributed by atoms with Crippen LogP contribution in [0.4, 0.5) is 62.6 Å². The maximum Gasteiger partial charge on any atom is 0.227 e. The van der Waals surface area contributed by atoms with Crippen LogP contribution < -0.4 is 74.0 Å². The van der Waals surface area contributed by atoms with E-state index in [9.17, 15) is 4.39 Å². The first kappa shape index (κ1) is 89.6. The van der Waals surface area contributed by atoms with Crippen molar-refractivity contribution in [2.24, 2.45) is 0 Å². The summed E-state index contributed by atoms with van der Waals surface area (Å²) in [5, 5.41) is 16.5. The Kier molecular flexibility index (Phi) is 31.6. The molecule has 124 heavy (non-hydrogen) atoms. The summed E-state index contributed by atoms with van der Waals surface area (Å²) < 4.78 is 67.4. The minimum atomic E-state index is -0.293. The maximum absolute atomic E-state index is 13.0. The van der Waals surface area contributed by atoms with E-state index in [0.29, 0.717) is 40.5 Å². The van der Waals surface area contributed by atoms with Crippen LogP contribution in [0.25, 0.3) is 56.3 Å². The molecule has 0 spiro atoms. The Hall–Kier alpha value is -15.2. The molecule has 5 aromatic heterocycles. The zero-order valence-electron chi connectivity index (χ0n) is 72.0. The second kappa shape index (κ2) is 43.7. The van der Waals surface area contributed by atoms with Gasteiger partial charge in [-0.25, -0.2) is 54.2 Å². The minimum absolute atomic E-state index is 0.293. The summed E-state index contributed by atoms with van der Waals surface area (Å²) in [7, 11) is 16.4. The molecule has 0 saturated carbocycles. The van der Waals surface area contributed by atoms with Crippen LogP contribution in [0.15, 0.2) is 249 Å². The van der Waals surface area contributed by atoms with Gasteiger partial charge in [0.1, 0.15) is 63.3 Å². The Balaban J connectivity index is 0.000000151. The highest BCUT2D eigenvalue weighted by atomic mass is 35.5. The van der Waals surface area contributed by atoms with E-state index >= 15 is 0 Å². The van der Waals surface area contributed by atoms with Gasteiger partial charge in [0.05, 0.1) is 99.6 Å². The van der Waals surface area contributed by atoms with E-state index in [-0.39, 0.29) is 5.82 Å². The summed E-state index contributed by atoms with van der Waals surface area (Å²) in [6, 6.07) is 68.0. The van der Waals surface area contributed by atoms with Crippen LogP contribution in [-0.4, -0.2) is 121 Å². The number of nitrogens with zero attached hydrogens (tertiary/aromatic N) is 10. The molecule has 0 atom stereocenters. The van der Waals surface area contributed by atoms with Gasteiger partial charge in [-0.3, -0.25) is 0 Å². The molecule has 634 valence electrons. The van der Waals surface area contributed by atoms with E-state index in [2.05, 4.69) is 83.3 Å². The third-order valence-electron chi connectivity index (χ3n) is 19.4. The molecule has 5 N–H and O–H groups in total. The molecule has 15 aromatic rings. The molecule has 0 aliphatic rings.